The second-order valence-electron chi connectivity index (χ2n) is 5.10. The fourth-order valence-corrected chi connectivity index (χ4v) is 1.71. The molecule has 0 radical (unpaired) electrons. The Kier molecular flexibility index (Phi) is 4.97. The molecular weight excluding hydrogens is 254 g/mol. The molecule has 6 heteroatoms. The smallest absolute Gasteiger partial charge is 0.219 e. The molecule has 0 aliphatic rings. The molecule has 1 rings (SSSR count). The Balaban J connectivity index is 2.62. The molecular formula is C13H18F2N2O2. The lowest BCUT2D eigenvalue weighted by Gasteiger charge is -2.26. The van der Waals surface area contributed by atoms with Crippen molar-refractivity contribution in [1.82, 2.24) is 5.32 Å². The summed E-state index contributed by atoms with van der Waals surface area (Å²) < 4.78 is 25.8. The minimum absolute atomic E-state index is 0.103. The first-order valence-electron chi connectivity index (χ1n) is 5.87. The van der Waals surface area contributed by atoms with Crippen molar-refractivity contribution >= 4 is 5.91 Å². The van der Waals surface area contributed by atoms with E-state index >= 15 is 0 Å². The maximum Gasteiger partial charge on any atom is 0.219 e. The lowest BCUT2D eigenvalue weighted by molar-refractivity contribution is -0.119. The second-order valence-corrected chi connectivity index (χ2v) is 5.10. The summed E-state index contributed by atoms with van der Waals surface area (Å²) in [5.41, 5.74) is 4.79. The number of carbonyl (C=O) groups excluding carboxylic acids is 1. The summed E-state index contributed by atoms with van der Waals surface area (Å²) in [6, 6.07) is 3.22. The average molecular weight is 272 g/mol. The van der Waals surface area contributed by atoms with Gasteiger partial charge in [0.05, 0.1) is 6.10 Å². The number of hydrogen-bond acceptors (Lipinski definition) is 3. The number of benzene rings is 1. The number of hydrogen-bond donors (Lipinski definition) is 3. The number of aliphatic hydroxyl groups is 1. The summed E-state index contributed by atoms with van der Waals surface area (Å²) in [4.78, 5) is 10.8. The molecule has 4 N–H and O–H groups in total. The number of primary amides is 1. The van der Waals surface area contributed by atoms with Crippen LogP contribution in [-0.4, -0.2) is 23.1 Å². The van der Waals surface area contributed by atoms with Crippen molar-refractivity contribution in [3.63, 3.8) is 0 Å². The van der Waals surface area contributed by atoms with Crippen molar-refractivity contribution in [2.45, 2.75) is 31.9 Å². The van der Waals surface area contributed by atoms with Gasteiger partial charge < -0.3 is 16.2 Å². The molecule has 0 aliphatic heterocycles. The second kappa shape index (κ2) is 6.08. The van der Waals surface area contributed by atoms with E-state index in [1.54, 1.807) is 13.8 Å². The quantitative estimate of drug-likeness (QED) is 0.729. The standard InChI is InChI=1S/C13H18F2N2O2/c1-13(2,6-12(16)19)17-7-11(18)8-3-4-9(14)10(15)5-8/h3-5,11,17-18H,6-7H2,1-2H3,(H2,16,19). The van der Waals surface area contributed by atoms with E-state index in [-0.39, 0.29) is 18.5 Å². The summed E-state index contributed by atoms with van der Waals surface area (Å²) in [5, 5.41) is 12.8. The van der Waals surface area contributed by atoms with E-state index in [0.717, 1.165) is 12.1 Å². The van der Waals surface area contributed by atoms with Crippen LogP contribution in [0, 0.1) is 11.6 Å². The van der Waals surface area contributed by atoms with Crippen LogP contribution >= 0.6 is 0 Å². The number of halogens is 2. The van der Waals surface area contributed by atoms with E-state index in [9.17, 15) is 18.7 Å². The number of carbonyl (C=O) groups is 1. The predicted molar refractivity (Wildman–Crippen MR) is 67.2 cm³/mol. The monoisotopic (exact) mass is 272 g/mol. The molecule has 0 saturated carbocycles. The Morgan fingerprint density at radius 3 is 2.58 bits per heavy atom. The van der Waals surface area contributed by atoms with Crippen molar-refractivity contribution < 1.29 is 18.7 Å². The van der Waals surface area contributed by atoms with E-state index in [1.807, 2.05) is 0 Å². The molecule has 19 heavy (non-hydrogen) atoms. The fraction of sp³-hybridized carbons (Fsp3) is 0.462. The minimum atomic E-state index is -1.01. The highest BCUT2D eigenvalue weighted by Gasteiger charge is 2.21. The fourth-order valence-electron chi connectivity index (χ4n) is 1.71. The van der Waals surface area contributed by atoms with Crippen LogP contribution in [0.25, 0.3) is 0 Å². The largest absolute Gasteiger partial charge is 0.387 e. The van der Waals surface area contributed by atoms with Crippen molar-refractivity contribution in [3.8, 4) is 0 Å². The number of nitrogens with two attached hydrogens (primary N) is 1. The van der Waals surface area contributed by atoms with Gasteiger partial charge in [0.15, 0.2) is 11.6 Å². The molecule has 1 aromatic carbocycles. The van der Waals surface area contributed by atoms with Crippen LogP contribution in [0.5, 0.6) is 0 Å². The van der Waals surface area contributed by atoms with Crippen LogP contribution in [0.15, 0.2) is 18.2 Å². The van der Waals surface area contributed by atoms with Crippen molar-refractivity contribution in [2.24, 2.45) is 5.73 Å². The highest BCUT2D eigenvalue weighted by atomic mass is 19.2. The van der Waals surface area contributed by atoms with Gasteiger partial charge in [-0.2, -0.15) is 0 Å². The van der Waals surface area contributed by atoms with E-state index in [2.05, 4.69) is 5.32 Å². The van der Waals surface area contributed by atoms with Crippen LogP contribution in [0.4, 0.5) is 8.78 Å². The summed E-state index contributed by atoms with van der Waals surface area (Å²) in [7, 11) is 0. The van der Waals surface area contributed by atoms with Gasteiger partial charge in [-0.1, -0.05) is 6.07 Å². The van der Waals surface area contributed by atoms with Crippen molar-refractivity contribution in [1.29, 1.82) is 0 Å². The Morgan fingerprint density at radius 2 is 2.05 bits per heavy atom. The molecule has 0 aromatic heterocycles. The van der Waals surface area contributed by atoms with Gasteiger partial charge in [0, 0.05) is 18.5 Å². The zero-order valence-electron chi connectivity index (χ0n) is 10.9. The van der Waals surface area contributed by atoms with Gasteiger partial charge >= 0.3 is 0 Å². The van der Waals surface area contributed by atoms with Gasteiger partial charge in [0.1, 0.15) is 0 Å². The normalized spacial score (nSPS) is 13.3. The summed E-state index contributed by atoms with van der Waals surface area (Å²) >= 11 is 0. The molecule has 1 atom stereocenters. The topological polar surface area (TPSA) is 75.4 Å². The number of nitrogens with one attached hydrogen (secondary N) is 1. The first kappa shape index (κ1) is 15.5. The van der Waals surface area contributed by atoms with Crippen LogP contribution < -0.4 is 11.1 Å². The van der Waals surface area contributed by atoms with Crippen molar-refractivity contribution in [3.05, 3.63) is 35.4 Å². The van der Waals surface area contributed by atoms with E-state index in [4.69, 9.17) is 5.73 Å². The van der Waals surface area contributed by atoms with Gasteiger partial charge in [-0.05, 0) is 31.5 Å². The van der Waals surface area contributed by atoms with Gasteiger partial charge in [0.25, 0.3) is 0 Å². The first-order valence-corrected chi connectivity index (χ1v) is 5.87. The van der Waals surface area contributed by atoms with Gasteiger partial charge in [-0.15, -0.1) is 0 Å². The van der Waals surface area contributed by atoms with Gasteiger partial charge in [0.2, 0.25) is 5.91 Å². The molecule has 0 fully saturated rings. The number of amides is 1. The third-order valence-corrected chi connectivity index (χ3v) is 2.72. The molecule has 0 heterocycles. The zero-order valence-corrected chi connectivity index (χ0v) is 10.9. The minimum Gasteiger partial charge on any atom is -0.387 e. The predicted octanol–water partition coefficient (Wildman–Crippen LogP) is 1.24. The van der Waals surface area contributed by atoms with Crippen LogP contribution in [0.2, 0.25) is 0 Å². The molecule has 0 spiro atoms. The first-order chi connectivity index (χ1) is 8.71. The molecule has 0 aliphatic carbocycles. The Morgan fingerprint density at radius 1 is 1.42 bits per heavy atom. The van der Waals surface area contributed by atoms with Crippen LogP contribution in [0.3, 0.4) is 0 Å². The van der Waals surface area contributed by atoms with Gasteiger partial charge in [-0.3, -0.25) is 4.79 Å². The summed E-state index contributed by atoms with van der Waals surface area (Å²) in [5.74, 6) is -2.43. The molecule has 0 saturated heterocycles. The number of β-amino-alcohol motifs (C(OH)–C–C–N with tert-alkyl or cyclic N) is 1. The molecule has 0 bridgehead atoms. The number of rotatable bonds is 6. The molecule has 106 valence electrons. The Hall–Kier alpha value is -1.53. The van der Waals surface area contributed by atoms with Crippen molar-refractivity contribution in [2.75, 3.05) is 6.54 Å². The third-order valence-electron chi connectivity index (χ3n) is 2.72. The Bertz CT molecular complexity index is 464. The average Bonchev–Trinajstić information content (AvgIpc) is 2.28. The van der Waals surface area contributed by atoms with E-state index in [1.165, 1.54) is 6.07 Å². The van der Waals surface area contributed by atoms with Gasteiger partial charge in [-0.25, -0.2) is 8.78 Å². The Labute approximate surface area is 110 Å². The molecule has 1 unspecified atom stereocenters. The zero-order chi connectivity index (χ0) is 14.6. The van der Waals surface area contributed by atoms with E-state index in [0.29, 0.717) is 0 Å². The lowest BCUT2D eigenvalue weighted by atomic mass is 9.99. The maximum absolute atomic E-state index is 13.0. The molecule has 4 nitrogen and oxygen atoms in total. The lowest BCUT2D eigenvalue weighted by Crippen LogP contribution is -2.44. The molecule has 1 amide bonds. The summed E-state index contributed by atoms with van der Waals surface area (Å²) in [6.45, 7) is 3.62. The maximum atomic E-state index is 13.0. The number of aliphatic hydroxyl groups excluding tert-OH is 1. The highest BCUT2D eigenvalue weighted by Crippen LogP contribution is 2.17. The molecule has 1 aromatic rings. The third kappa shape index (κ3) is 4.92. The highest BCUT2D eigenvalue weighted by molar-refractivity contribution is 5.74. The van der Waals surface area contributed by atoms with Crippen LogP contribution in [0.1, 0.15) is 31.9 Å². The summed E-state index contributed by atoms with van der Waals surface area (Å²) in [6.07, 6.45) is -0.889. The van der Waals surface area contributed by atoms with E-state index < -0.39 is 29.2 Å². The van der Waals surface area contributed by atoms with Crippen LogP contribution in [-0.2, 0) is 4.79 Å². The SMILES string of the molecule is CC(C)(CC(N)=O)NCC(O)c1ccc(F)c(F)c1.